The number of rotatable bonds is 4. The summed E-state index contributed by atoms with van der Waals surface area (Å²) in [6, 6.07) is 11.5. The number of aryl methyl sites for hydroxylation is 2. The van der Waals surface area contributed by atoms with Crippen molar-refractivity contribution in [1.82, 2.24) is 10.4 Å². The van der Waals surface area contributed by atoms with Crippen LogP contribution in [0, 0.1) is 13.8 Å². The van der Waals surface area contributed by atoms with Crippen LogP contribution in [0.4, 0.5) is 0 Å². The molecule has 5 heteroatoms. The number of amides is 1. The highest BCUT2D eigenvalue weighted by Crippen LogP contribution is 2.22. The summed E-state index contributed by atoms with van der Waals surface area (Å²) in [5, 5.41) is 1.02. The van der Waals surface area contributed by atoms with Crippen molar-refractivity contribution in [3.8, 4) is 0 Å². The SMILES string of the molecule is Cc1cc(C)nc(SCc2ccc(C(=O)NN)cc2)c1. The zero-order valence-corrected chi connectivity index (χ0v) is 12.3. The molecule has 0 unspecified atom stereocenters. The van der Waals surface area contributed by atoms with Crippen LogP contribution in [0.25, 0.3) is 0 Å². The molecular weight excluding hydrogens is 270 g/mol. The molecule has 0 aliphatic rings. The largest absolute Gasteiger partial charge is 0.290 e. The normalized spacial score (nSPS) is 10.3. The van der Waals surface area contributed by atoms with Gasteiger partial charge >= 0.3 is 0 Å². The number of carbonyl (C=O) groups excluding carboxylic acids is 1. The number of pyridine rings is 1. The van der Waals surface area contributed by atoms with Crippen LogP contribution >= 0.6 is 11.8 Å². The van der Waals surface area contributed by atoms with E-state index in [9.17, 15) is 4.79 Å². The molecular formula is C15H17N3OS. The summed E-state index contributed by atoms with van der Waals surface area (Å²) in [6.45, 7) is 4.07. The number of hydrogen-bond donors (Lipinski definition) is 2. The van der Waals surface area contributed by atoms with E-state index < -0.39 is 0 Å². The second-order valence-electron chi connectivity index (χ2n) is 4.58. The van der Waals surface area contributed by atoms with Gasteiger partial charge in [0.1, 0.15) is 0 Å². The number of thioether (sulfide) groups is 1. The number of benzene rings is 1. The maximum Gasteiger partial charge on any atom is 0.265 e. The minimum Gasteiger partial charge on any atom is -0.290 e. The maximum absolute atomic E-state index is 11.3. The molecule has 0 saturated carbocycles. The highest BCUT2D eigenvalue weighted by Gasteiger charge is 2.04. The third kappa shape index (κ3) is 3.82. The summed E-state index contributed by atoms with van der Waals surface area (Å²) in [6.07, 6.45) is 0. The Bertz CT molecular complexity index is 591. The van der Waals surface area contributed by atoms with Crippen LogP contribution in [0.15, 0.2) is 41.4 Å². The first-order valence-corrected chi connectivity index (χ1v) is 7.25. The van der Waals surface area contributed by atoms with Crippen molar-refractivity contribution in [2.45, 2.75) is 24.6 Å². The summed E-state index contributed by atoms with van der Waals surface area (Å²) >= 11 is 1.69. The van der Waals surface area contributed by atoms with E-state index >= 15 is 0 Å². The van der Waals surface area contributed by atoms with Crippen molar-refractivity contribution in [2.75, 3.05) is 0 Å². The molecule has 0 atom stereocenters. The van der Waals surface area contributed by atoms with E-state index in [1.54, 1.807) is 23.9 Å². The van der Waals surface area contributed by atoms with Gasteiger partial charge in [-0.25, -0.2) is 10.8 Å². The molecule has 20 heavy (non-hydrogen) atoms. The van der Waals surface area contributed by atoms with Crippen molar-refractivity contribution in [1.29, 1.82) is 0 Å². The number of nitrogens with one attached hydrogen (secondary N) is 1. The molecule has 1 amide bonds. The third-order valence-electron chi connectivity index (χ3n) is 2.81. The number of hydrogen-bond acceptors (Lipinski definition) is 4. The van der Waals surface area contributed by atoms with Crippen molar-refractivity contribution in [3.05, 3.63) is 58.8 Å². The maximum atomic E-state index is 11.3. The van der Waals surface area contributed by atoms with E-state index in [-0.39, 0.29) is 5.91 Å². The van der Waals surface area contributed by atoms with Crippen LogP contribution < -0.4 is 11.3 Å². The van der Waals surface area contributed by atoms with Gasteiger partial charge in [0.2, 0.25) is 0 Å². The van der Waals surface area contributed by atoms with Gasteiger partial charge in [-0.2, -0.15) is 0 Å². The third-order valence-corrected chi connectivity index (χ3v) is 3.79. The van der Waals surface area contributed by atoms with Crippen LogP contribution in [0.2, 0.25) is 0 Å². The van der Waals surface area contributed by atoms with Gasteiger partial charge in [0.05, 0.1) is 5.03 Å². The minimum absolute atomic E-state index is 0.278. The molecule has 1 aromatic heterocycles. The lowest BCUT2D eigenvalue weighted by molar-refractivity contribution is 0.0953. The predicted octanol–water partition coefficient (Wildman–Crippen LogP) is 2.59. The van der Waals surface area contributed by atoms with Crippen molar-refractivity contribution in [2.24, 2.45) is 5.84 Å². The molecule has 3 N–H and O–H groups in total. The van der Waals surface area contributed by atoms with E-state index in [0.717, 1.165) is 22.0 Å². The van der Waals surface area contributed by atoms with Crippen molar-refractivity contribution in [3.63, 3.8) is 0 Å². The quantitative estimate of drug-likeness (QED) is 0.392. The molecule has 0 bridgehead atoms. The van der Waals surface area contributed by atoms with E-state index in [1.807, 2.05) is 19.1 Å². The molecule has 2 rings (SSSR count). The first-order chi connectivity index (χ1) is 9.58. The van der Waals surface area contributed by atoms with Crippen molar-refractivity contribution < 1.29 is 4.79 Å². The van der Waals surface area contributed by atoms with Gasteiger partial charge in [-0.05, 0) is 49.2 Å². The summed E-state index contributed by atoms with van der Waals surface area (Å²) in [5.41, 5.74) is 6.07. The Labute approximate surface area is 122 Å². The Hall–Kier alpha value is -1.85. The molecule has 0 saturated heterocycles. The number of nitrogens with zero attached hydrogens (tertiary/aromatic N) is 1. The Balaban J connectivity index is 2.02. The monoisotopic (exact) mass is 287 g/mol. The molecule has 1 aromatic carbocycles. The summed E-state index contributed by atoms with van der Waals surface area (Å²) in [4.78, 5) is 15.8. The van der Waals surface area contributed by atoms with Crippen LogP contribution in [-0.2, 0) is 5.75 Å². The van der Waals surface area contributed by atoms with Crippen LogP contribution in [0.5, 0.6) is 0 Å². The first kappa shape index (κ1) is 14.6. The van der Waals surface area contributed by atoms with Crippen LogP contribution in [0.3, 0.4) is 0 Å². The molecule has 0 radical (unpaired) electrons. The van der Waals surface area contributed by atoms with Gasteiger partial charge < -0.3 is 0 Å². The standard InChI is InChI=1S/C15H17N3OS/c1-10-7-11(2)17-14(8-10)20-9-12-3-5-13(6-4-12)15(19)18-16/h3-8H,9,16H2,1-2H3,(H,18,19). The molecule has 0 aliphatic carbocycles. The molecule has 0 spiro atoms. The molecule has 0 fully saturated rings. The van der Waals surface area contributed by atoms with E-state index in [0.29, 0.717) is 5.56 Å². The smallest absolute Gasteiger partial charge is 0.265 e. The van der Waals surface area contributed by atoms with Gasteiger partial charge in [0.25, 0.3) is 5.91 Å². The molecule has 4 nitrogen and oxygen atoms in total. The molecule has 104 valence electrons. The van der Waals surface area contributed by atoms with Crippen molar-refractivity contribution >= 4 is 17.7 Å². The fourth-order valence-corrected chi connectivity index (χ4v) is 2.86. The van der Waals surface area contributed by atoms with Gasteiger partial charge in [-0.15, -0.1) is 11.8 Å². The summed E-state index contributed by atoms with van der Waals surface area (Å²) in [5.74, 6) is 5.64. The van der Waals surface area contributed by atoms with E-state index in [2.05, 4.69) is 29.5 Å². The summed E-state index contributed by atoms with van der Waals surface area (Å²) in [7, 11) is 0. The minimum atomic E-state index is -0.278. The summed E-state index contributed by atoms with van der Waals surface area (Å²) < 4.78 is 0. The average Bonchev–Trinajstić information content (AvgIpc) is 2.44. The fraction of sp³-hybridized carbons (Fsp3) is 0.200. The zero-order chi connectivity index (χ0) is 14.5. The second-order valence-corrected chi connectivity index (χ2v) is 5.58. The van der Waals surface area contributed by atoms with Crippen LogP contribution in [0.1, 0.15) is 27.2 Å². The zero-order valence-electron chi connectivity index (χ0n) is 11.5. The average molecular weight is 287 g/mol. The number of nitrogens with two attached hydrogens (primary N) is 1. The van der Waals surface area contributed by atoms with Gasteiger partial charge in [-0.3, -0.25) is 10.2 Å². The van der Waals surface area contributed by atoms with Crippen LogP contribution in [-0.4, -0.2) is 10.9 Å². The number of aromatic nitrogens is 1. The molecule has 1 heterocycles. The topological polar surface area (TPSA) is 68.0 Å². The van der Waals surface area contributed by atoms with E-state index in [1.165, 1.54) is 5.56 Å². The fourth-order valence-electron chi connectivity index (χ4n) is 1.87. The lowest BCUT2D eigenvalue weighted by Gasteiger charge is -2.05. The number of hydrazine groups is 1. The Morgan fingerprint density at radius 3 is 2.55 bits per heavy atom. The predicted molar refractivity (Wildman–Crippen MR) is 81.4 cm³/mol. The Morgan fingerprint density at radius 1 is 1.25 bits per heavy atom. The highest BCUT2D eigenvalue weighted by atomic mass is 32.2. The van der Waals surface area contributed by atoms with Gasteiger partial charge in [-0.1, -0.05) is 12.1 Å². The number of carbonyl (C=O) groups is 1. The van der Waals surface area contributed by atoms with E-state index in [4.69, 9.17) is 5.84 Å². The molecule has 0 aliphatic heterocycles. The Kier molecular flexibility index (Phi) is 4.76. The first-order valence-electron chi connectivity index (χ1n) is 6.26. The second kappa shape index (κ2) is 6.54. The Morgan fingerprint density at radius 2 is 1.95 bits per heavy atom. The van der Waals surface area contributed by atoms with Gasteiger partial charge in [0.15, 0.2) is 0 Å². The lowest BCUT2D eigenvalue weighted by Crippen LogP contribution is -2.29. The lowest BCUT2D eigenvalue weighted by atomic mass is 10.1. The number of nitrogen functional groups attached to an aromatic ring is 1. The van der Waals surface area contributed by atoms with Gasteiger partial charge in [0, 0.05) is 17.0 Å². The highest BCUT2D eigenvalue weighted by molar-refractivity contribution is 7.98. The molecule has 2 aromatic rings.